The van der Waals surface area contributed by atoms with Gasteiger partial charge in [0.05, 0.1) is 0 Å². The van der Waals surface area contributed by atoms with Gasteiger partial charge in [0.2, 0.25) is 0 Å². The molecule has 0 fully saturated rings. The van der Waals surface area contributed by atoms with Crippen molar-refractivity contribution in [2.75, 3.05) is 0 Å². The molecule has 0 amide bonds. The molecule has 0 aliphatic heterocycles. The largest absolute Gasteiger partial charge is 1.00 e. The van der Waals surface area contributed by atoms with Crippen LogP contribution in [0.2, 0.25) is 0 Å². The third-order valence-electron chi connectivity index (χ3n) is 5.16. The van der Waals surface area contributed by atoms with Crippen molar-refractivity contribution < 1.29 is 48.7 Å². The number of hydrogen-bond acceptors (Lipinski definition) is 0. The summed E-state index contributed by atoms with van der Waals surface area (Å²) in [7, 11) is 0. The molecule has 0 aromatic heterocycles. The van der Waals surface area contributed by atoms with Crippen LogP contribution in [0, 0.1) is 23.0 Å². The summed E-state index contributed by atoms with van der Waals surface area (Å²) in [5.41, 5.74) is 6.08. The van der Waals surface area contributed by atoms with E-state index in [0.717, 1.165) is 23.9 Å². The molecule has 160 valence electrons. The minimum Gasteiger partial charge on any atom is -1.00 e. The van der Waals surface area contributed by atoms with Gasteiger partial charge in [-0.25, -0.2) is 12.2 Å². The first-order valence-corrected chi connectivity index (χ1v) is 12.4. The molecule has 2 atom stereocenters. The van der Waals surface area contributed by atoms with E-state index in [2.05, 4.69) is 119 Å². The van der Waals surface area contributed by atoms with Gasteiger partial charge in [0.25, 0.3) is 0 Å². The van der Waals surface area contributed by atoms with Crippen LogP contribution in [0.1, 0.15) is 75.6 Å². The molecule has 0 N–H and O–H groups in total. The Balaban J connectivity index is 0.000000488. The number of benzene rings is 2. The first-order chi connectivity index (χ1) is 13.2. The van der Waals surface area contributed by atoms with Crippen molar-refractivity contribution in [1.82, 2.24) is 0 Å². The number of fused-ring (bicyclic) bond motifs is 2. The minimum atomic E-state index is 0. The van der Waals surface area contributed by atoms with E-state index < -0.39 is 0 Å². The molecule has 0 radical (unpaired) electrons. The Morgan fingerprint density at radius 2 is 0.933 bits per heavy atom. The third-order valence-corrected chi connectivity index (χ3v) is 5.16. The van der Waals surface area contributed by atoms with E-state index in [1.165, 1.54) is 22.3 Å². The average molecular weight is 606 g/mol. The summed E-state index contributed by atoms with van der Waals surface area (Å²) >= 11 is 1.06. The molecule has 2 aliphatic rings. The van der Waals surface area contributed by atoms with Gasteiger partial charge in [-0.05, 0) is 10.8 Å². The Labute approximate surface area is 211 Å². The Kier molecular flexibility index (Phi) is 12.0. The fraction of sp³-hybridized carbons (Fsp3) is 0.370. The fourth-order valence-electron chi connectivity index (χ4n) is 3.77. The van der Waals surface area contributed by atoms with Crippen LogP contribution in [-0.4, -0.2) is 4.26 Å². The van der Waals surface area contributed by atoms with Crippen LogP contribution in [-0.2, 0) is 23.9 Å². The van der Waals surface area contributed by atoms with Gasteiger partial charge in [0.15, 0.2) is 0 Å². The fourth-order valence-corrected chi connectivity index (χ4v) is 3.77. The van der Waals surface area contributed by atoms with Gasteiger partial charge < -0.3 is 24.8 Å². The molecular weight excluding hydrogens is 574 g/mol. The zero-order valence-electron chi connectivity index (χ0n) is 18.9. The first-order valence-electron chi connectivity index (χ1n) is 9.90. The van der Waals surface area contributed by atoms with Crippen molar-refractivity contribution in [1.29, 1.82) is 0 Å². The molecule has 2 aliphatic carbocycles. The van der Waals surface area contributed by atoms with E-state index in [1.54, 1.807) is 0 Å². The summed E-state index contributed by atoms with van der Waals surface area (Å²) in [6.07, 6.45) is 11.1. The Morgan fingerprint density at radius 3 is 1.23 bits per heavy atom. The molecule has 0 saturated heterocycles. The number of halogens is 2. The van der Waals surface area contributed by atoms with Crippen LogP contribution >= 0.6 is 0 Å². The minimum absolute atomic E-state index is 0. The van der Waals surface area contributed by atoms with Crippen molar-refractivity contribution in [3.8, 4) is 0 Å². The summed E-state index contributed by atoms with van der Waals surface area (Å²) in [4.78, 5) is 0. The van der Waals surface area contributed by atoms with Gasteiger partial charge in [-0.15, -0.1) is 23.3 Å². The van der Waals surface area contributed by atoms with Gasteiger partial charge in [-0.3, -0.25) is 12.2 Å². The summed E-state index contributed by atoms with van der Waals surface area (Å²) in [6, 6.07) is 17.1. The SMILES string of the molecule is CC(C)(C)C1[C-]=Cc2ccccc21.CC(C)(C)C1[C-]=Cc2ccccc21.[CH2]=[Hf+2].[Cl-].[Cl-]. The maximum atomic E-state index is 3.44. The van der Waals surface area contributed by atoms with Crippen molar-refractivity contribution >= 4 is 16.4 Å². The maximum Gasteiger partial charge on any atom is -1.00 e. The van der Waals surface area contributed by atoms with Gasteiger partial charge in [0, 0.05) is 0 Å². The van der Waals surface area contributed by atoms with Crippen LogP contribution in [0.15, 0.2) is 48.5 Å². The molecule has 4 rings (SSSR count). The quantitative estimate of drug-likeness (QED) is 0.314. The van der Waals surface area contributed by atoms with E-state index in [4.69, 9.17) is 0 Å². The number of rotatable bonds is 0. The summed E-state index contributed by atoms with van der Waals surface area (Å²) < 4.78 is 3.39. The molecule has 2 aromatic carbocycles. The van der Waals surface area contributed by atoms with E-state index in [1.807, 2.05) is 0 Å². The molecule has 2 aromatic rings. The van der Waals surface area contributed by atoms with Crippen molar-refractivity contribution in [3.63, 3.8) is 0 Å². The topological polar surface area (TPSA) is 0 Å². The second-order valence-corrected chi connectivity index (χ2v) is 9.48. The zero-order valence-corrected chi connectivity index (χ0v) is 24.0. The summed E-state index contributed by atoms with van der Waals surface area (Å²) in [5, 5.41) is 0. The van der Waals surface area contributed by atoms with Gasteiger partial charge >= 0.3 is 28.2 Å². The Hall–Kier alpha value is -0.760. The van der Waals surface area contributed by atoms with E-state index >= 15 is 0 Å². The van der Waals surface area contributed by atoms with Crippen molar-refractivity contribution in [3.05, 3.63) is 82.9 Å². The molecule has 2 unspecified atom stereocenters. The maximum absolute atomic E-state index is 3.44. The van der Waals surface area contributed by atoms with Crippen molar-refractivity contribution in [2.45, 2.75) is 53.4 Å². The summed E-state index contributed by atoms with van der Waals surface area (Å²) in [5.74, 6) is 0.924. The standard InChI is InChI=1S/2C13H15.CH2.2ClH.Hf/c2*1-13(2,3)12-9-8-10-6-4-5-7-11(10)12;;;;/h2*4-8,12H,1-3H3;1H2;2*1H;/q2*-1;;;;+2/p-2. The van der Waals surface area contributed by atoms with Gasteiger partial charge in [-0.2, -0.15) is 11.1 Å². The van der Waals surface area contributed by atoms with E-state index in [0.29, 0.717) is 11.8 Å². The van der Waals surface area contributed by atoms with E-state index in [9.17, 15) is 0 Å². The average Bonchev–Trinajstić information content (AvgIpc) is 3.27. The normalized spacial score (nSPS) is 17.9. The zero-order chi connectivity index (χ0) is 20.9. The molecule has 0 spiro atoms. The smallest absolute Gasteiger partial charge is 1.00 e. The molecule has 0 saturated carbocycles. The molecule has 3 heteroatoms. The van der Waals surface area contributed by atoms with Crippen LogP contribution in [0.4, 0.5) is 0 Å². The van der Waals surface area contributed by atoms with Crippen LogP contribution < -0.4 is 24.8 Å². The Bertz CT molecular complexity index is 782. The molecule has 0 bridgehead atoms. The van der Waals surface area contributed by atoms with Crippen LogP contribution in [0.5, 0.6) is 0 Å². The summed E-state index contributed by atoms with van der Waals surface area (Å²) in [6.45, 7) is 13.6. The first kappa shape index (κ1) is 29.2. The second kappa shape index (κ2) is 12.3. The third kappa shape index (κ3) is 7.14. The number of allylic oxidation sites excluding steroid dienone is 2. The predicted octanol–water partition coefficient (Wildman–Crippen LogP) is 1.27. The number of hydrogen-bond donors (Lipinski definition) is 0. The second-order valence-electron chi connectivity index (χ2n) is 9.48. The molecule has 0 heterocycles. The van der Waals surface area contributed by atoms with E-state index in [-0.39, 0.29) is 35.6 Å². The molecular formula is C27H32Cl2Hf-2. The van der Waals surface area contributed by atoms with Crippen LogP contribution in [0.25, 0.3) is 12.2 Å². The van der Waals surface area contributed by atoms with Crippen molar-refractivity contribution in [2.24, 2.45) is 10.8 Å². The molecule has 30 heavy (non-hydrogen) atoms. The predicted molar refractivity (Wildman–Crippen MR) is 120 cm³/mol. The van der Waals surface area contributed by atoms with Crippen LogP contribution in [0.3, 0.4) is 0 Å². The van der Waals surface area contributed by atoms with Gasteiger partial charge in [-0.1, -0.05) is 89.8 Å². The molecule has 0 nitrogen and oxygen atoms in total. The monoisotopic (exact) mass is 606 g/mol. The Morgan fingerprint density at radius 1 is 0.633 bits per heavy atom. The van der Waals surface area contributed by atoms with Gasteiger partial charge in [0.1, 0.15) is 0 Å².